The standard InChI is InChI=1S/C16H13Cl3N2O6S/c17-10-8-12(19)14(9-11(10)18)20(7-3-6-16(22)23)28(26,27)15-5-2-1-4-13(15)21(24)25/h1-2,4-5,8-9H,3,6-7H2,(H,22,23). The van der Waals surface area contributed by atoms with Crippen molar-refractivity contribution in [2.45, 2.75) is 17.7 Å². The van der Waals surface area contributed by atoms with Gasteiger partial charge in [-0.25, -0.2) is 8.42 Å². The number of nitro groups is 1. The quantitative estimate of drug-likeness (QED) is 0.344. The van der Waals surface area contributed by atoms with Crippen LogP contribution in [0.25, 0.3) is 0 Å². The van der Waals surface area contributed by atoms with E-state index in [0.717, 1.165) is 16.4 Å². The molecule has 2 rings (SSSR count). The second-order valence-electron chi connectivity index (χ2n) is 5.52. The number of nitrogens with zero attached hydrogens (tertiary/aromatic N) is 2. The first-order valence-electron chi connectivity index (χ1n) is 7.68. The molecule has 0 aliphatic heterocycles. The monoisotopic (exact) mass is 466 g/mol. The molecule has 150 valence electrons. The number of hydrogen-bond donors (Lipinski definition) is 1. The van der Waals surface area contributed by atoms with Gasteiger partial charge in [-0.1, -0.05) is 46.9 Å². The predicted molar refractivity (Wildman–Crippen MR) is 106 cm³/mol. The minimum atomic E-state index is -4.47. The molecule has 0 bridgehead atoms. The maximum Gasteiger partial charge on any atom is 0.303 e. The molecule has 0 saturated carbocycles. The van der Waals surface area contributed by atoms with Gasteiger partial charge in [0.05, 0.1) is 25.7 Å². The summed E-state index contributed by atoms with van der Waals surface area (Å²) in [5.41, 5.74) is -0.693. The van der Waals surface area contributed by atoms with Crippen LogP contribution < -0.4 is 4.31 Å². The lowest BCUT2D eigenvalue weighted by molar-refractivity contribution is -0.387. The molecule has 0 aromatic heterocycles. The summed E-state index contributed by atoms with van der Waals surface area (Å²) >= 11 is 18.0. The topological polar surface area (TPSA) is 118 Å². The number of nitro benzene ring substituents is 1. The highest BCUT2D eigenvalue weighted by atomic mass is 35.5. The molecule has 0 unspecified atom stereocenters. The molecule has 0 atom stereocenters. The number of sulfonamides is 1. The Morgan fingerprint density at radius 1 is 1.11 bits per heavy atom. The van der Waals surface area contributed by atoms with Crippen molar-refractivity contribution in [3.05, 3.63) is 61.6 Å². The van der Waals surface area contributed by atoms with Gasteiger partial charge in [-0.05, 0) is 24.6 Å². The van der Waals surface area contributed by atoms with Crippen molar-refractivity contribution in [3.8, 4) is 0 Å². The van der Waals surface area contributed by atoms with Crippen molar-refractivity contribution in [2.75, 3.05) is 10.8 Å². The molecular weight excluding hydrogens is 455 g/mol. The fourth-order valence-corrected chi connectivity index (χ4v) is 4.76. The van der Waals surface area contributed by atoms with E-state index in [1.54, 1.807) is 0 Å². The van der Waals surface area contributed by atoms with Gasteiger partial charge in [0.2, 0.25) is 0 Å². The molecule has 0 heterocycles. The lowest BCUT2D eigenvalue weighted by Gasteiger charge is -2.25. The Morgan fingerprint density at radius 3 is 2.32 bits per heavy atom. The van der Waals surface area contributed by atoms with Crippen molar-refractivity contribution in [3.63, 3.8) is 0 Å². The second-order valence-corrected chi connectivity index (χ2v) is 8.57. The third-order valence-corrected chi connectivity index (χ3v) is 6.53. The smallest absolute Gasteiger partial charge is 0.303 e. The summed E-state index contributed by atoms with van der Waals surface area (Å²) in [5.74, 6) is -1.12. The molecule has 2 aromatic carbocycles. The summed E-state index contributed by atoms with van der Waals surface area (Å²) in [6.07, 6.45) is -0.381. The van der Waals surface area contributed by atoms with Crippen LogP contribution in [-0.2, 0) is 14.8 Å². The van der Waals surface area contributed by atoms with E-state index in [4.69, 9.17) is 39.9 Å². The summed E-state index contributed by atoms with van der Waals surface area (Å²) in [6, 6.07) is 7.25. The Kier molecular flexibility index (Phi) is 7.11. The van der Waals surface area contributed by atoms with Gasteiger partial charge < -0.3 is 5.11 Å². The van der Waals surface area contributed by atoms with Gasteiger partial charge in [-0.2, -0.15) is 0 Å². The van der Waals surface area contributed by atoms with Crippen LogP contribution in [0.1, 0.15) is 12.8 Å². The third kappa shape index (κ3) is 4.85. The number of para-hydroxylation sites is 1. The van der Waals surface area contributed by atoms with E-state index in [1.807, 2.05) is 0 Å². The molecule has 0 radical (unpaired) electrons. The molecule has 0 saturated heterocycles. The van der Waals surface area contributed by atoms with Crippen LogP contribution in [0.4, 0.5) is 11.4 Å². The van der Waals surface area contributed by atoms with Gasteiger partial charge >= 0.3 is 5.97 Å². The molecule has 28 heavy (non-hydrogen) atoms. The van der Waals surface area contributed by atoms with Gasteiger partial charge in [0.15, 0.2) is 4.90 Å². The average molecular weight is 468 g/mol. The van der Waals surface area contributed by atoms with Gasteiger partial charge in [-0.3, -0.25) is 19.2 Å². The van der Waals surface area contributed by atoms with Crippen molar-refractivity contribution in [2.24, 2.45) is 0 Å². The number of hydrogen-bond acceptors (Lipinski definition) is 5. The first kappa shape index (κ1) is 22.2. The molecule has 0 amide bonds. The number of carbonyl (C=O) groups is 1. The Balaban J connectivity index is 2.63. The third-order valence-electron chi connectivity index (χ3n) is 3.64. The van der Waals surface area contributed by atoms with Crippen LogP contribution >= 0.6 is 34.8 Å². The lowest BCUT2D eigenvalue weighted by Crippen LogP contribution is -2.33. The maximum atomic E-state index is 13.2. The van der Waals surface area contributed by atoms with Gasteiger partial charge in [0.25, 0.3) is 15.7 Å². The van der Waals surface area contributed by atoms with Crippen LogP contribution in [0.2, 0.25) is 15.1 Å². The number of carboxylic acids is 1. The molecular formula is C16H13Cl3N2O6S. The van der Waals surface area contributed by atoms with E-state index in [-0.39, 0.29) is 40.1 Å². The molecule has 12 heteroatoms. The number of aliphatic carboxylic acids is 1. The van der Waals surface area contributed by atoms with E-state index in [9.17, 15) is 23.3 Å². The van der Waals surface area contributed by atoms with E-state index in [1.165, 1.54) is 24.3 Å². The molecule has 8 nitrogen and oxygen atoms in total. The number of halogens is 3. The highest BCUT2D eigenvalue weighted by Crippen LogP contribution is 2.38. The zero-order chi connectivity index (χ0) is 21.1. The molecule has 0 fully saturated rings. The van der Waals surface area contributed by atoms with E-state index >= 15 is 0 Å². The minimum absolute atomic E-state index is 0.0158. The Morgan fingerprint density at radius 2 is 1.71 bits per heavy atom. The van der Waals surface area contributed by atoms with Crippen LogP contribution in [-0.4, -0.2) is 31.0 Å². The molecule has 2 aromatic rings. The van der Waals surface area contributed by atoms with Gasteiger partial charge in [-0.15, -0.1) is 0 Å². The number of rotatable bonds is 8. The molecule has 1 N–H and O–H groups in total. The number of anilines is 1. The Labute approximate surface area is 175 Å². The summed E-state index contributed by atoms with van der Waals surface area (Å²) in [4.78, 5) is 20.7. The maximum absolute atomic E-state index is 13.2. The number of carboxylic acid groups (broad SMARTS) is 1. The summed E-state index contributed by atoms with van der Waals surface area (Å²) < 4.78 is 27.2. The zero-order valence-electron chi connectivity index (χ0n) is 14.0. The molecule has 0 aliphatic carbocycles. The van der Waals surface area contributed by atoms with E-state index < -0.39 is 31.5 Å². The second kappa shape index (κ2) is 8.95. The van der Waals surface area contributed by atoms with Gasteiger partial charge in [0.1, 0.15) is 0 Å². The molecule has 0 aliphatic rings. The molecule has 0 spiro atoms. The largest absolute Gasteiger partial charge is 0.481 e. The van der Waals surface area contributed by atoms with Crippen molar-refractivity contribution < 1.29 is 23.2 Å². The van der Waals surface area contributed by atoms with Crippen molar-refractivity contribution in [1.29, 1.82) is 0 Å². The van der Waals surface area contributed by atoms with Crippen molar-refractivity contribution >= 4 is 62.2 Å². The Hall–Kier alpha value is -2.07. The summed E-state index contributed by atoms with van der Waals surface area (Å²) in [7, 11) is -4.47. The van der Waals surface area contributed by atoms with Crippen LogP contribution in [0, 0.1) is 10.1 Å². The van der Waals surface area contributed by atoms with Crippen LogP contribution in [0.15, 0.2) is 41.3 Å². The fourth-order valence-electron chi connectivity index (χ4n) is 2.39. The van der Waals surface area contributed by atoms with Crippen LogP contribution in [0.3, 0.4) is 0 Å². The Bertz CT molecular complexity index is 1030. The zero-order valence-corrected chi connectivity index (χ0v) is 17.1. The number of benzene rings is 2. The first-order chi connectivity index (χ1) is 13.1. The van der Waals surface area contributed by atoms with Crippen LogP contribution in [0.5, 0.6) is 0 Å². The lowest BCUT2D eigenvalue weighted by atomic mass is 10.2. The van der Waals surface area contributed by atoms with E-state index in [2.05, 4.69) is 0 Å². The van der Waals surface area contributed by atoms with Gasteiger partial charge in [0, 0.05) is 19.0 Å². The summed E-state index contributed by atoms with van der Waals surface area (Å²) in [6.45, 7) is -0.293. The fraction of sp³-hybridized carbons (Fsp3) is 0.188. The minimum Gasteiger partial charge on any atom is -0.481 e. The SMILES string of the molecule is O=C(O)CCCN(c1cc(Cl)c(Cl)cc1Cl)S(=O)(=O)c1ccccc1[N+](=O)[O-]. The normalized spacial score (nSPS) is 11.2. The summed E-state index contributed by atoms with van der Waals surface area (Å²) in [5, 5.41) is 20.2. The highest BCUT2D eigenvalue weighted by molar-refractivity contribution is 7.93. The first-order valence-corrected chi connectivity index (χ1v) is 10.3. The average Bonchev–Trinajstić information content (AvgIpc) is 2.62. The highest BCUT2D eigenvalue weighted by Gasteiger charge is 2.33. The predicted octanol–water partition coefficient (Wildman–Crippen LogP) is 4.62. The van der Waals surface area contributed by atoms with E-state index in [0.29, 0.717) is 0 Å². The van der Waals surface area contributed by atoms with Crippen molar-refractivity contribution in [1.82, 2.24) is 0 Å².